The third kappa shape index (κ3) is 4.18. The van der Waals surface area contributed by atoms with Crippen molar-refractivity contribution < 1.29 is 18.7 Å². The van der Waals surface area contributed by atoms with Gasteiger partial charge in [-0.05, 0) is 55.5 Å². The van der Waals surface area contributed by atoms with Crippen molar-refractivity contribution in [1.82, 2.24) is 20.6 Å². The molecule has 31 heavy (non-hydrogen) atoms. The van der Waals surface area contributed by atoms with Gasteiger partial charge in [0, 0.05) is 5.56 Å². The molecule has 0 saturated carbocycles. The van der Waals surface area contributed by atoms with Gasteiger partial charge in [-0.15, -0.1) is 0 Å². The fourth-order valence-corrected chi connectivity index (χ4v) is 3.09. The van der Waals surface area contributed by atoms with E-state index < -0.39 is 11.8 Å². The zero-order valence-corrected chi connectivity index (χ0v) is 17.0. The lowest BCUT2D eigenvalue weighted by molar-refractivity contribution is 0.0842. The van der Waals surface area contributed by atoms with Crippen LogP contribution in [0.15, 0.2) is 77.4 Å². The van der Waals surface area contributed by atoms with Crippen molar-refractivity contribution in [3.8, 4) is 22.7 Å². The second kappa shape index (κ2) is 8.58. The van der Waals surface area contributed by atoms with Gasteiger partial charge in [0.15, 0.2) is 5.69 Å². The molecule has 0 saturated heterocycles. The molecule has 8 heteroatoms. The molecule has 8 nitrogen and oxygen atoms in total. The van der Waals surface area contributed by atoms with Crippen LogP contribution in [0.1, 0.15) is 26.6 Å². The summed E-state index contributed by atoms with van der Waals surface area (Å²) in [6, 6.07) is 20.1. The molecule has 0 aliphatic heterocycles. The highest BCUT2D eigenvalue weighted by molar-refractivity contribution is 5.99. The van der Waals surface area contributed by atoms with E-state index in [2.05, 4.69) is 16.0 Å². The van der Waals surface area contributed by atoms with Crippen LogP contribution in [0.4, 0.5) is 0 Å². The number of aryl methyl sites for hydroxylation is 1. The lowest BCUT2D eigenvalue weighted by atomic mass is 10.1. The Kier molecular flexibility index (Phi) is 5.53. The Labute approximate surface area is 178 Å². The molecule has 0 aliphatic carbocycles. The molecule has 0 aliphatic rings. The number of furan rings is 1. The maximum Gasteiger partial charge on any atom is 0.290 e. The molecule has 0 unspecified atom stereocenters. The highest BCUT2D eigenvalue weighted by Gasteiger charge is 2.18. The van der Waals surface area contributed by atoms with Gasteiger partial charge in [0.1, 0.15) is 11.5 Å². The Bertz CT molecular complexity index is 1210. The Morgan fingerprint density at radius 3 is 2.32 bits per heavy atom. The van der Waals surface area contributed by atoms with E-state index >= 15 is 0 Å². The van der Waals surface area contributed by atoms with Crippen molar-refractivity contribution in [3.63, 3.8) is 0 Å². The molecule has 2 N–H and O–H groups in total. The van der Waals surface area contributed by atoms with Gasteiger partial charge in [0.25, 0.3) is 11.8 Å². The van der Waals surface area contributed by atoms with Crippen LogP contribution in [0.3, 0.4) is 0 Å². The zero-order valence-electron chi connectivity index (χ0n) is 17.0. The minimum atomic E-state index is -0.543. The first-order chi connectivity index (χ1) is 15.1. The summed E-state index contributed by atoms with van der Waals surface area (Å²) in [4.78, 5) is 24.9. The first kappa shape index (κ1) is 20.0. The molecule has 0 atom stereocenters. The number of carbonyl (C=O) groups excluding carboxylic acids is 2. The number of aromatic nitrogens is 2. The number of nitrogens with one attached hydrogen (secondary N) is 2. The Hall–Kier alpha value is -4.33. The number of amides is 2. The molecule has 2 aromatic heterocycles. The summed E-state index contributed by atoms with van der Waals surface area (Å²) in [5.41, 5.74) is 7.65. The molecule has 4 aromatic rings. The predicted octanol–water partition coefficient (Wildman–Crippen LogP) is 3.52. The van der Waals surface area contributed by atoms with Gasteiger partial charge in [-0.1, -0.05) is 18.2 Å². The second-order valence-corrected chi connectivity index (χ2v) is 6.69. The number of nitrogens with zero attached hydrogens (tertiary/aromatic N) is 2. The number of hydrazine groups is 1. The Morgan fingerprint density at radius 1 is 0.968 bits per heavy atom. The summed E-state index contributed by atoms with van der Waals surface area (Å²) in [6.45, 7) is 1.67. The van der Waals surface area contributed by atoms with E-state index in [0.29, 0.717) is 11.3 Å². The lowest BCUT2D eigenvalue weighted by Crippen LogP contribution is -2.41. The van der Waals surface area contributed by atoms with Gasteiger partial charge in [-0.25, -0.2) is 4.68 Å². The monoisotopic (exact) mass is 416 g/mol. The number of ether oxygens (including phenoxy) is 1. The molecular formula is C23H20N4O4. The van der Waals surface area contributed by atoms with Crippen molar-refractivity contribution in [1.29, 1.82) is 0 Å². The number of para-hydroxylation sites is 1. The first-order valence-corrected chi connectivity index (χ1v) is 9.51. The van der Waals surface area contributed by atoms with E-state index in [1.807, 2.05) is 54.6 Å². The maximum atomic E-state index is 12.7. The molecule has 0 fully saturated rings. The van der Waals surface area contributed by atoms with Gasteiger partial charge in [-0.3, -0.25) is 20.4 Å². The largest absolute Gasteiger partial charge is 0.497 e. The smallest absolute Gasteiger partial charge is 0.290 e. The van der Waals surface area contributed by atoms with Crippen LogP contribution in [0.2, 0.25) is 0 Å². The van der Waals surface area contributed by atoms with Crippen LogP contribution in [0.5, 0.6) is 5.75 Å². The van der Waals surface area contributed by atoms with Crippen LogP contribution >= 0.6 is 0 Å². The summed E-state index contributed by atoms with van der Waals surface area (Å²) in [5, 5.41) is 4.46. The standard InChI is InChI=1S/C23H20N4O4/c1-15-19(12-13-31-15)22(28)24-25-23(29)20-14-21(16-8-10-18(30-2)11-9-16)27(26-20)17-6-4-3-5-7-17/h3-14H,1-2H3,(H,24,28)(H,25,29). The van der Waals surface area contributed by atoms with Gasteiger partial charge < -0.3 is 9.15 Å². The van der Waals surface area contributed by atoms with Crippen LogP contribution in [0.25, 0.3) is 16.9 Å². The number of hydrogen-bond acceptors (Lipinski definition) is 5. The van der Waals surface area contributed by atoms with Gasteiger partial charge in [0.2, 0.25) is 0 Å². The Balaban J connectivity index is 1.62. The number of methoxy groups -OCH3 is 1. The minimum Gasteiger partial charge on any atom is -0.497 e. The zero-order chi connectivity index (χ0) is 21.8. The molecule has 0 bridgehead atoms. The molecule has 4 rings (SSSR count). The van der Waals surface area contributed by atoms with E-state index in [-0.39, 0.29) is 5.69 Å². The van der Waals surface area contributed by atoms with E-state index in [4.69, 9.17) is 9.15 Å². The number of carbonyl (C=O) groups is 2. The fourth-order valence-electron chi connectivity index (χ4n) is 3.09. The summed E-state index contributed by atoms with van der Waals surface area (Å²) < 4.78 is 12.0. The quantitative estimate of drug-likeness (QED) is 0.485. The molecule has 2 amide bonds. The minimum absolute atomic E-state index is 0.152. The highest BCUT2D eigenvalue weighted by Crippen LogP contribution is 2.26. The van der Waals surface area contributed by atoms with Crippen LogP contribution in [-0.2, 0) is 0 Å². The predicted molar refractivity (Wildman–Crippen MR) is 114 cm³/mol. The average Bonchev–Trinajstić information content (AvgIpc) is 3.45. The van der Waals surface area contributed by atoms with Crippen molar-refractivity contribution in [3.05, 3.63) is 90.0 Å². The van der Waals surface area contributed by atoms with Gasteiger partial charge >= 0.3 is 0 Å². The molecular weight excluding hydrogens is 396 g/mol. The highest BCUT2D eigenvalue weighted by atomic mass is 16.5. The SMILES string of the molecule is COc1ccc(-c2cc(C(=O)NNC(=O)c3ccoc3C)nn2-c2ccccc2)cc1. The van der Waals surface area contributed by atoms with E-state index in [9.17, 15) is 9.59 Å². The third-order valence-electron chi connectivity index (χ3n) is 4.72. The average molecular weight is 416 g/mol. The lowest BCUT2D eigenvalue weighted by Gasteiger charge is -2.08. The molecule has 2 aromatic carbocycles. The summed E-state index contributed by atoms with van der Waals surface area (Å²) >= 11 is 0. The number of benzene rings is 2. The van der Waals surface area contributed by atoms with Crippen molar-refractivity contribution >= 4 is 11.8 Å². The Morgan fingerprint density at radius 2 is 1.68 bits per heavy atom. The normalized spacial score (nSPS) is 10.5. The first-order valence-electron chi connectivity index (χ1n) is 9.51. The summed E-state index contributed by atoms with van der Waals surface area (Å²) in [5.74, 6) is 0.169. The van der Waals surface area contributed by atoms with E-state index in [1.165, 1.54) is 12.3 Å². The number of hydrogen-bond donors (Lipinski definition) is 2. The number of rotatable bonds is 5. The molecule has 0 radical (unpaired) electrons. The van der Waals surface area contributed by atoms with Gasteiger partial charge in [-0.2, -0.15) is 5.10 Å². The summed E-state index contributed by atoms with van der Waals surface area (Å²) in [7, 11) is 1.60. The molecule has 0 spiro atoms. The van der Waals surface area contributed by atoms with Crippen molar-refractivity contribution in [2.24, 2.45) is 0 Å². The second-order valence-electron chi connectivity index (χ2n) is 6.69. The van der Waals surface area contributed by atoms with Crippen molar-refractivity contribution in [2.45, 2.75) is 6.92 Å². The summed E-state index contributed by atoms with van der Waals surface area (Å²) in [6.07, 6.45) is 1.41. The molecule has 2 heterocycles. The van der Waals surface area contributed by atoms with Crippen LogP contribution < -0.4 is 15.6 Å². The molecule has 156 valence electrons. The maximum absolute atomic E-state index is 12.7. The topological polar surface area (TPSA) is 98.4 Å². The van der Waals surface area contributed by atoms with Crippen LogP contribution in [-0.4, -0.2) is 28.7 Å². The fraction of sp³-hybridized carbons (Fsp3) is 0.0870. The van der Waals surface area contributed by atoms with Crippen LogP contribution in [0, 0.1) is 6.92 Å². The van der Waals surface area contributed by atoms with Crippen molar-refractivity contribution in [2.75, 3.05) is 7.11 Å². The van der Waals surface area contributed by atoms with Gasteiger partial charge in [0.05, 0.1) is 30.3 Å². The third-order valence-corrected chi connectivity index (χ3v) is 4.72. The van der Waals surface area contributed by atoms with E-state index in [1.54, 1.807) is 24.8 Å². The van der Waals surface area contributed by atoms with E-state index in [0.717, 1.165) is 22.7 Å².